The second-order valence-corrected chi connectivity index (χ2v) is 3.81. The van der Waals surface area contributed by atoms with Crippen molar-refractivity contribution in [1.82, 2.24) is 0 Å². The first kappa shape index (κ1) is 13.1. The summed E-state index contributed by atoms with van der Waals surface area (Å²) < 4.78 is 21.4. The van der Waals surface area contributed by atoms with E-state index in [4.69, 9.17) is 0 Å². The number of rotatable bonds is 4. The van der Waals surface area contributed by atoms with Crippen molar-refractivity contribution in [2.45, 2.75) is 0 Å². The van der Waals surface area contributed by atoms with Crippen molar-refractivity contribution >= 4 is 39.4 Å². The molecular formula is C6H10NaO2S. The van der Waals surface area contributed by atoms with Gasteiger partial charge in [0.15, 0.2) is 9.84 Å². The first-order valence-corrected chi connectivity index (χ1v) is 4.37. The zero-order valence-electron chi connectivity index (χ0n) is 6.21. The summed E-state index contributed by atoms with van der Waals surface area (Å²) in [5.41, 5.74) is 0. The third kappa shape index (κ3) is 6.55. The molecule has 0 fully saturated rings. The van der Waals surface area contributed by atoms with Gasteiger partial charge in [-0.3, -0.25) is 0 Å². The van der Waals surface area contributed by atoms with Crippen LogP contribution in [0.4, 0.5) is 0 Å². The third-order valence-electron chi connectivity index (χ3n) is 0.744. The van der Waals surface area contributed by atoms with Gasteiger partial charge in [0.25, 0.3) is 0 Å². The fourth-order valence-electron chi connectivity index (χ4n) is 0.427. The van der Waals surface area contributed by atoms with Gasteiger partial charge in [-0.25, -0.2) is 8.42 Å². The van der Waals surface area contributed by atoms with Crippen molar-refractivity contribution in [2.24, 2.45) is 0 Å². The molecule has 0 aliphatic rings. The van der Waals surface area contributed by atoms with E-state index < -0.39 is 9.84 Å². The molecule has 4 heteroatoms. The van der Waals surface area contributed by atoms with Crippen molar-refractivity contribution in [3.63, 3.8) is 0 Å². The SMILES string of the molecule is C=CCS(=O)(=O)CC=C.[Na]. The normalized spacial score (nSPS) is 9.60. The van der Waals surface area contributed by atoms with E-state index in [9.17, 15) is 8.42 Å². The first-order valence-electron chi connectivity index (χ1n) is 2.54. The monoisotopic (exact) mass is 169 g/mol. The number of hydrogen-bond donors (Lipinski definition) is 0. The van der Waals surface area contributed by atoms with Crippen LogP contribution in [-0.2, 0) is 9.84 Å². The van der Waals surface area contributed by atoms with E-state index in [2.05, 4.69) is 13.2 Å². The summed E-state index contributed by atoms with van der Waals surface area (Å²) in [5.74, 6) is 0.0814. The molecule has 0 saturated heterocycles. The summed E-state index contributed by atoms with van der Waals surface area (Å²) in [7, 11) is -2.92. The van der Waals surface area contributed by atoms with Gasteiger partial charge in [-0.05, 0) is 0 Å². The molecule has 0 aliphatic heterocycles. The molecule has 0 bridgehead atoms. The van der Waals surface area contributed by atoms with Crippen LogP contribution in [0, 0.1) is 0 Å². The summed E-state index contributed by atoms with van der Waals surface area (Å²) in [6.07, 6.45) is 2.75. The van der Waals surface area contributed by atoms with E-state index in [1.54, 1.807) is 0 Å². The molecule has 2 nitrogen and oxygen atoms in total. The van der Waals surface area contributed by atoms with Crippen LogP contribution in [0.25, 0.3) is 0 Å². The van der Waals surface area contributed by atoms with Gasteiger partial charge in [0.2, 0.25) is 0 Å². The molecule has 0 saturated carbocycles. The van der Waals surface area contributed by atoms with E-state index in [0.717, 1.165) is 0 Å². The second-order valence-electron chi connectivity index (χ2n) is 1.65. The topological polar surface area (TPSA) is 34.1 Å². The van der Waals surface area contributed by atoms with Crippen molar-refractivity contribution < 1.29 is 8.42 Å². The number of sulfone groups is 1. The Bertz CT molecular complexity index is 178. The first-order chi connectivity index (χ1) is 4.12. The van der Waals surface area contributed by atoms with Crippen molar-refractivity contribution in [3.05, 3.63) is 25.3 Å². The van der Waals surface area contributed by atoms with Crippen LogP contribution in [0.3, 0.4) is 0 Å². The molecule has 0 heterocycles. The third-order valence-corrected chi connectivity index (χ3v) is 2.23. The average Bonchev–Trinajstić information content (AvgIpc) is 1.64. The van der Waals surface area contributed by atoms with Crippen LogP contribution in [0.15, 0.2) is 25.3 Å². The summed E-state index contributed by atoms with van der Waals surface area (Å²) in [6, 6.07) is 0. The minimum Gasteiger partial charge on any atom is -0.228 e. The van der Waals surface area contributed by atoms with Crippen LogP contribution in [0.2, 0.25) is 0 Å². The molecule has 0 amide bonds. The van der Waals surface area contributed by atoms with Crippen LogP contribution in [0.5, 0.6) is 0 Å². The molecule has 0 atom stereocenters. The Morgan fingerprint density at radius 3 is 1.60 bits per heavy atom. The Morgan fingerprint density at radius 2 is 1.40 bits per heavy atom. The largest absolute Gasteiger partial charge is 0.228 e. The van der Waals surface area contributed by atoms with E-state index in [1.165, 1.54) is 12.2 Å². The van der Waals surface area contributed by atoms with Crippen LogP contribution >= 0.6 is 0 Å². The molecule has 10 heavy (non-hydrogen) atoms. The van der Waals surface area contributed by atoms with Gasteiger partial charge in [0.05, 0.1) is 11.5 Å². The minimum atomic E-state index is -2.92. The van der Waals surface area contributed by atoms with Gasteiger partial charge >= 0.3 is 0 Å². The molecular weight excluding hydrogens is 159 g/mol. The second kappa shape index (κ2) is 6.16. The zero-order valence-corrected chi connectivity index (χ0v) is 9.02. The minimum absolute atomic E-state index is 0. The Hall–Kier alpha value is 0.430. The summed E-state index contributed by atoms with van der Waals surface area (Å²) in [4.78, 5) is 0. The van der Waals surface area contributed by atoms with Gasteiger partial charge in [0.1, 0.15) is 0 Å². The van der Waals surface area contributed by atoms with Crippen molar-refractivity contribution in [3.8, 4) is 0 Å². The summed E-state index contributed by atoms with van der Waals surface area (Å²) in [5, 5.41) is 0. The zero-order chi connectivity index (χ0) is 7.33. The molecule has 0 aromatic carbocycles. The predicted octanol–water partition coefficient (Wildman–Crippen LogP) is 0.392. The molecule has 0 aromatic rings. The Morgan fingerprint density at radius 1 is 1.10 bits per heavy atom. The van der Waals surface area contributed by atoms with Crippen LogP contribution < -0.4 is 0 Å². The fourth-order valence-corrected chi connectivity index (χ4v) is 1.28. The van der Waals surface area contributed by atoms with E-state index in [-0.39, 0.29) is 41.1 Å². The average molecular weight is 169 g/mol. The van der Waals surface area contributed by atoms with Gasteiger partial charge < -0.3 is 0 Å². The quantitative estimate of drug-likeness (QED) is 0.450. The Labute approximate surface area is 84.2 Å². The van der Waals surface area contributed by atoms with Crippen molar-refractivity contribution in [1.29, 1.82) is 0 Å². The summed E-state index contributed by atoms with van der Waals surface area (Å²) >= 11 is 0. The van der Waals surface area contributed by atoms with Gasteiger partial charge in [0, 0.05) is 29.6 Å². The molecule has 0 rings (SSSR count). The maximum absolute atomic E-state index is 10.7. The van der Waals surface area contributed by atoms with Crippen molar-refractivity contribution in [2.75, 3.05) is 11.5 Å². The molecule has 1 radical (unpaired) electrons. The van der Waals surface area contributed by atoms with E-state index in [1.807, 2.05) is 0 Å². The standard InChI is InChI=1S/C6H10O2S.Na/c1-3-5-9(7,8)6-4-2;/h3-4H,1-2,5-6H2;. The van der Waals surface area contributed by atoms with Gasteiger partial charge in [-0.15, -0.1) is 13.2 Å². The Balaban J connectivity index is 0. The molecule has 0 N–H and O–H groups in total. The summed E-state index contributed by atoms with van der Waals surface area (Å²) in [6.45, 7) is 6.63. The van der Waals surface area contributed by atoms with Crippen LogP contribution in [0.1, 0.15) is 0 Å². The van der Waals surface area contributed by atoms with E-state index >= 15 is 0 Å². The Kier molecular flexibility index (Phi) is 8.04. The predicted molar refractivity (Wildman–Crippen MR) is 44.8 cm³/mol. The van der Waals surface area contributed by atoms with E-state index in [0.29, 0.717) is 0 Å². The maximum atomic E-state index is 10.7. The molecule has 53 valence electrons. The molecule has 0 spiro atoms. The molecule has 0 aromatic heterocycles. The van der Waals surface area contributed by atoms with Gasteiger partial charge in [-0.1, -0.05) is 12.2 Å². The fraction of sp³-hybridized carbons (Fsp3) is 0.333. The van der Waals surface area contributed by atoms with Crippen LogP contribution in [-0.4, -0.2) is 49.5 Å². The van der Waals surface area contributed by atoms with Gasteiger partial charge in [-0.2, -0.15) is 0 Å². The number of hydrogen-bond acceptors (Lipinski definition) is 2. The molecule has 0 aliphatic carbocycles. The smallest absolute Gasteiger partial charge is 0.157 e. The molecule has 0 unspecified atom stereocenters. The maximum Gasteiger partial charge on any atom is 0.157 e.